The van der Waals surface area contributed by atoms with Gasteiger partial charge < -0.3 is 14.2 Å². The summed E-state index contributed by atoms with van der Waals surface area (Å²) in [6.07, 6.45) is 1.59. The van der Waals surface area contributed by atoms with Crippen molar-refractivity contribution < 1.29 is 19.0 Å². The fourth-order valence-electron chi connectivity index (χ4n) is 2.20. The minimum absolute atomic E-state index is 0.211. The normalized spacial score (nSPS) is 10.3. The van der Waals surface area contributed by atoms with E-state index in [4.69, 9.17) is 14.2 Å². The maximum absolute atomic E-state index is 12.3. The highest BCUT2D eigenvalue weighted by atomic mass is 16.5. The molecule has 138 valence electrons. The Balaban J connectivity index is 2.17. The number of aromatic nitrogens is 2. The van der Waals surface area contributed by atoms with Crippen molar-refractivity contribution in [3.63, 3.8) is 0 Å². The van der Waals surface area contributed by atoms with E-state index in [1.165, 1.54) is 44.0 Å². The van der Waals surface area contributed by atoms with Gasteiger partial charge in [-0.15, -0.1) is 0 Å². The Bertz CT molecular complexity index is 942. The number of rotatable bonds is 7. The highest BCUT2D eigenvalue weighted by Crippen LogP contribution is 2.28. The van der Waals surface area contributed by atoms with Gasteiger partial charge in [-0.25, -0.2) is 9.59 Å². The van der Waals surface area contributed by atoms with Crippen LogP contribution in [0.15, 0.2) is 46.5 Å². The van der Waals surface area contributed by atoms with Crippen LogP contribution in [0, 0.1) is 0 Å². The van der Waals surface area contributed by atoms with E-state index >= 15 is 0 Å². The SMILES string of the molecule is C=CCOc1ccc(C(=O)OCc2cc(=O)n(C)c(=O)n2C)cc1OC. The van der Waals surface area contributed by atoms with E-state index in [-0.39, 0.29) is 12.2 Å². The standard InChI is InChI=1S/C18H20N2O6/c1-5-8-25-14-7-6-12(9-15(14)24-4)17(22)26-11-13-10-16(21)20(3)18(23)19(13)2/h5-7,9-10H,1,8,11H2,2-4H3. The first-order valence-electron chi connectivity index (χ1n) is 7.73. The van der Waals surface area contributed by atoms with E-state index in [1.54, 1.807) is 12.1 Å². The summed E-state index contributed by atoms with van der Waals surface area (Å²) in [7, 11) is 4.34. The maximum atomic E-state index is 12.3. The Morgan fingerprint density at radius 3 is 2.54 bits per heavy atom. The topological polar surface area (TPSA) is 88.8 Å². The molecule has 1 heterocycles. The number of nitrogens with zero attached hydrogens (tertiary/aromatic N) is 2. The predicted octanol–water partition coefficient (Wildman–Crippen LogP) is 1.01. The average molecular weight is 360 g/mol. The first-order chi connectivity index (χ1) is 12.4. The molecule has 0 aliphatic heterocycles. The third kappa shape index (κ3) is 4.02. The van der Waals surface area contributed by atoms with Crippen LogP contribution >= 0.6 is 0 Å². The summed E-state index contributed by atoms with van der Waals surface area (Å²) in [5.41, 5.74) is -0.413. The minimum Gasteiger partial charge on any atom is -0.493 e. The van der Waals surface area contributed by atoms with Gasteiger partial charge in [-0.3, -0.25) is 13.9 Å². The lowest BCUT2D eigenvalue weighted by Gasteiger charge is -2.12. The van der Waals surface area contributed by atoms with Crippen LogP contribution in [0.1, 0.15) is 16.1 Å². The average Bonchev–Trinajstić information content (AvgIpc) is 2.65. The molecule has 8 nitrogen and oxygen atoms in total. The molecular weight excluding hydrogens is 340 g/mol. The van der Waals surface area contributed by atoms with E-state index in [9.17, 15) is 14.4 Å². The molecule has 2 aromatic rings. The molecule has 1 aromatic heterocycles. The van der Waals surface area contributed by atoms with Crippen molar-refractivity contribution >= 4 is 5.97 Å². The molecular formula is C18H20N2O6. The second kappa shape index (κ2) is 8.19. The number of ether oxygens (including phenoxy) is 3. The molecule has 0 unspecified atom stereocenters. The van der Waals surface area contributed by atoms with Crippen molar-refractivity contribution in [1.29, 1.82) is 0 Å². The first kappa shape index (κ1) is 19.0. The highest BCUT2D eigenvalue weighted by Gasteiger charge is 2.14. The Labute approximate surface area is 149 Å². The largest absolute Gasteiger partial charge is 0.493 e. The van der Waals surface area contributed by atoms with Crippen molar-refractivity contribution in [2.24, 2.45) is 14.1 Å². The van der Waals surface area contributed by atoms with Gasteiger partial charge in [-0.05, 0) is 18.2 Å². The Morgan fingerprint density at radius 1 is 1.15 bits per heavy atom. The van der Waals surface area contributed by atoms with Gasteiger partial charge in [0.1, 0.15) is 13.2 Å². The Morgan fingerprint density at radius 2 is 1.88 bits per heavy atom. The summed E-state index contributed by atoms with van der Waals surface area (Å²) in [5, 5.41) is 0. The summed E-state index contributed by atoms with van der Waals surface area (Å²) in [6.45, 7) is 3.66. The van der Waals surface area contributed by atoms with Crippen LogP contribution in [0.2, 0.25) is 0 Å². The Kier molecular flexibility index (Phi) is 6.00. The number of hydrogen-bond donors (Lipinski definition) is 0. The molecule has 0 spiro atoms. The molecule has 0 saturated heterocycles. The van der Waals surface area contributed by atoms with Gasteiger partial charge in [-0.2, -0.15) is 0 Å². The zero-order chi connectivity index (χ0) is 19.3. The predicted molar refractivity (Wildman–Crippen MR) is 94.7 cm³/mol. The van der Waals surface area contributed by atoms with Crippen LogP contribution in [0.25, 0.3) is 0 Å². The fourth-order valence-corrected chi connectivity index (χ4v) is 2.20. The molecule has 8 heteroatoms. The molecule has 0 saturated carbocycles. The third-order valence-corrected chi connectivity index (χ3v) is 3.73. The van der Waals surface area contributed by atoms with E-state index in [0.717, 1.165) is 4.57 Å². The lowest BCUT2D eigenvalue weighted by molar-refractivity contribution is 0.0462. The van der Waals surface area contributed by atoms with Gasteiger partial charge in [0, 0.05) is 20.2 Å². The van der Waals surface area contributed by atoms with E-state index in [2.05, 4.69) is 6.58 Å². The minimum atomic E-state index is -0.619. The molecule has 0 amide bonds. The molecule has 1 aromatic carbocycles. The molecule has 0 radical (unpaired) electrons. The van der Waals surface area contributed by atoms with Crippen molar-refractivity contribution in [3.05, 3.63) is 69.0 Å². The van der Waals surface area contributed by atoms with Gasteiger partial charge >= 0.3 is 11.7 Å². The van der Waals surface area contributed by atoms with Crippen molar-refractivity contribution in [2.75, 3.05) is 13.7 Å². The third-order valence-electron chi connectivity index (χ3n) is 3.73. The van der Waals surface area contributed by atoms with Crippen LogP contribution in [-0.2, 0) is 25.4 Å². The number of carbonyl (C=O) groups excluding carboxylic acids is 1. The molecule has 0 fully saturated rings. The number of esters is 1. The summed E-state index contributed by atoms with van der Waals surface area (Å²) in [4.78, 5) is 35.8. The molecule has 2 rings (SSSR count). The zero-order valence-corrected chi connectivity index (χ0v) is 14.9. The molecule has 0 aliphatic rings. The maximum Gasteiger partial charge on any atom is 0.338 e. The van der Waals surface area contributed by atoms with Crippen LogP contribution in [0.3, 0.4) is 0 Å². The van der Waals surface area contributed by atoms with Crippen LogP contribution in [0.4, 0.5) is 0 Å². The highest BCUT2D eigenvalue weighted by molar-refractivity contribution is 5.90. The second-order valence-corrected chi connectivity index (χ2v) is 5.42. The van der Waals surface area contributed by atoms with E-state index < -0.39 is 17.2 Å². The van der Waals surface area contributed by atoms with Gasteiger partial charge in [-0.1, -0.05) is 12.7 Å². The van der Waals surface area contributed by atoms with E-state index in [0.29, 0.717) is 23.8 Å². The van der Waals surface area contributed by atoms with Crippen molar-refractivity contribution in [2.45, 2.75) is 6.61 Å². The molecule has 26 heavy (non-hydrogen) atoms. The summed E-state index contributed by atoms with van der Waals surface area (Å²) in [5.74, 6) is 0.229. The number of methoxy groups -OCH3 is 1. The lowest BCUT2D eigenvalue weighted by atomic mass is 10.2. The number of benzene rings is 1. The monoisotopic (exact) mass is 360 g/mol. The smallest absolute Gasteiger partial charge is 0.338 e. The van der Waals surface area contributed by atoms with Crippen LogP contribution < -0.4 is 20.7 Å². The summed E-state index contributed by atoms with van der Waals surface area (Å²) < 4.78 is 18.1. The Hall–Kier alpha value is -3.29. The molecule has 0 aliphatic carbocycles. The molecule has 0 bridgehead atoms. The van der Waals surface area contributed by atoms with Gasteiger partial charge in [0.05, 0.1) is 18.4 Å². The molecule has 0 N–H and O–H groups in total. The number of hydrogen-bond acceptors (Lipinski definition) is 6. The van der Waals surface area contributed by atoms with Gasteiger partial charge in [0.25, 0.3) is 5.56 Å². The fraction of sp³-hybridized carbons (Fsp3) is 0.278. The van der Waals surface area contributed by atoms with Gasteiger partial charge in [0.15, 0.2) is 11.5 Å². The first-order valence-corrected chi connectivity index (χ1v) is 7.73. The second-order valence-electron chi connectivity index (χ2n) is 5.42. The quantitative estimate of drug-likeness (QED) is 0.541. The zero-order valence-electron chi connectivity index (χ0n) is 14.9. The van der Waals surface area contributed by atoms with Crippen LogP contribution in [0.5, 0.6) is 11.5 Å². The summed E-state index contributed by atoms with van der Waals surface area (Å²) in [6, 6.07) is 5.87. The van der Waals surface area contributed by atoms with Gasteiger partial charge in [0.2, 0.25) is 0 Å². The van der Waals surface area contributed by atoms with Crippen molar-refractivity contribution in [3.8, 4) is 11.5 Å². The summed E-state index contributed by atoms with van der Waals surface area (Å²) >= 11 is 0. The molecule has 0 atom stereocenters. The van der Waals surface area contributed by atoms with Crippen LogP contribution in [-0.4, -0.2) is 28.8 Å². The lowest BCUT2D eigenvalue weighted by Crippen LogP contribution is -2.38. The van der Waals surface area contributed by atoms with Crippen molar-refractivity contribution in [1.82, 2.24) is 9.13 Å². The van der Waals surface area contributed by atoms with E-state index in [1.807, 2.05) is 0 Å². The number of carbonyl (C=O) groups is 1.